The third-order valence-corrected chi connectivity index (χ3v) is 4.10. The molecule has 0 spiro atoms. The second-order valence-electron chi connectivity index (χ2n) is 4.39. The van der Waals surface area contributed by atoms with Crippen molar-refractivity contribution in [1.82, 2.24) is 5.32 Å². The van der Waals surface area contributed by atoms with Gasteiger partial charge in [0.25, 0.3) is 15.0 Å². The fraction of sp³-hybridized carbons (Fsp3) is 0.462. The number of hydrogen-bond donors (Lipinski definition) is 1. The Morgan fingerprint density at radius 3 is 2.67 bits per heavy atom. The molecule has 0 unspecified atom stereocenters. The first-order valence-corrected chi connectivity index (χ1v) is 8.68. The van der Waals surface area contributed by atoms with E-state index in [2.05, 4.69) is 5.32 Å². The molecule has 5 nitrogen and oxygen atoms in total. The van der Waals surface area contributed by atoms with Crippen LogP contribution in [0.4, 0.5) is 4.39 Å². The molecule has 0 fully saturated rings. The third-order valence-electron chi connectivity index (χ3n) is 2.77. The molecule has 21 heavy (non-hydrogen) atoms. The number of unbranched alkanes of at least 4 members (excludes halogenated alkanes) is 2. The monoisotopic (exact) mass is 337 g/mol. The van der Waals surface area contributed by atoms with E-state index in [1.54, 1.807) is 7.11 Å². The first-order chi connectivity index (χ1) is 9.86. The number of hydrogen-bond acceptors (Lipinski definition) is 4. The Balaban J connectivity index is 2.59. The lowest BCUT2D eigenvalue weighted by molar-refractivity contribution is 0.0952. The van der Waals surface area contributed by atoms with Gasteiger partial charge in [-0.3, -0.25) is 4.79 Å². The zero-order valence-electron chi connectivity index (χ0n) is 11.6. The molecule has 0 atom stereocenters. The first kappa shape index (κ1) is 17.9. The summed E-state index contributed by atoms with van der Waals surface area (Å²) in [6, 6.07) is 3.04. The molecule has 0 aliphatic heterocycles. The highest BCUT2D eigenvalue weighted by atomic mass is 35.7. The van der Waals surface area contributed by atoms with Gasteiger partial charge in [-0.25, -0.2) is 12.8 Å². The molecule has 8 heteroatoms. The molecule has 0 aliphatic carbocycles. The molecule has 0 radical (unpaired) electrons. The van der Waals surface area contributed by atoms with E-state index in [4.69, 9.17) is 15.4 Å². The minimum atomic E-state index is -4.22. The van der Waals surface area contributed by atoms with Gasteiger partial charge in [-0.15, -0.1) is 0 Å². The van der Waals surface area contributed by atoms with E-state index in [9.17, 15) is 17.6 Å². The van der Waals surface area contributed by atoms with Gasteiger partial charge in [-0.05, 0) is 37.5 Å². The molecule has 1 rings (SSSR count). The molecule has 0 heterocycles. The number of ether oxygens (including phenoxy) is 1. The highest BCUT2D eigenvalue weighted by molar-refractivity contribution is 8.13. The Labute approximate surface area is 127 Å². The summed E-state index contributed by atoms with van der Waals surface area (Å²) < 4.78 is 40.6. The summed E-state index contributed by atoms with van der Waals surface area (Å²) in [5.74, 6) is -1.45. The standard InChI is InChI=1S/C13H17ClFNO4S/c1-20-8-4-2-3-7-16-13(17)10-5-6-11(15)12(9-10)21(14,18)19/h5-6,9H,2-4,7-8H2,1H3,(H,16,17). The zero-order valence-corrected chi connectivity index (χ0v) is 13.1. The molecule has 0 aliphatic rings. The van der Waals surface area contributed by atoms with Crippen LogP contribution in [-0.4, -0.2) is 34.6 Å². The van der Waals surface area contributed by atoms with E-state index in [1.807, 2.05) is 0 Å². The SMILES string of the molecule is COCCCCCNC(=O)c1ccc(F)c(S(=O)(=O)Cl)c1. The summed E-state index contributed by atoms with van der Waals surface area (Å²) >= 11 is 0. The molecule has 0 saturated heterocycles. The number of carbonyl (C=O) groups is 1. The number of rotatable bonds is 8. The number of nitrogens with one attached hydrogen (secondary N) is 1. The molecular formula is C13H17ClFNO4S. The minimum Gasteiger partial charge on any atom is -0.385 e. The third kappa shape index (κ3) is 5.99. The summed E-state index contributed by atoms with van der Waals surface area (Å²) in [5, 5.41) is 2.63. The zero-order chi connectivity index (χ0) is 15.9. The maximum Gasteiger partial charge on any atom is 0.264 e. The summed E-state index contributed by atoms with van der Waals surface area (Å²) in [6.07, 6.45) is 2.58. The first-order valence-electron chi connectivity index (χ1n) is 6.37. The summed E-state index contributed by atoms with van der Waals surface area (Å²) in [7, 11) is 2.51. The maximum atomic E-state index is 13.3. The Bertz CT molecular complexity index is 592. The molecule has 0 saturated carbocycles. The van der Waals surface area contributed by atoms with Crippen LogP contribution < -0.4 is 5.32 Å². The van der Waals surface area contributed by atoms with Gasteiger partial charge in [0, 0.05) is 36.5 Å². The Hall–Kier alpha value is -1.18. The van der Waals surface area contributed by atoms with E-state index in [0.29, 0.717) is 13.2 Å². The van der Waals surface area contributed by atoms with Crippen molar-refractivity contribution in [2.24, 2.45) is 0 Å². The van der Waals surface area contributed by atoms with Gasteiger partial charge in [0.15, 0.2) is 0 Å². The van der Waals surface area contributed by atoms with Gasteiger partial charge in [0.2, 0.25) is 0 Å². The normalized spacial score (nSPS) is 11.4. The lowest BCUT2D eigenvalue weighted by atomic mass is 10.2. The molecule has 1 aromatic carbocycles. The topological polar surface area (TPSA) is 72.5 Å². The molecule has 1 aromatic rings. The number of carbonyl (C=O) groups excluding carboxylic acids is 1. The van der Waals surface area contributed by atoms with Crippen molar-refractivity contribution in [3.8, 4) is 0 Å². The van der Waals surface area contributed by atoms with Crippen molar-refractivity contribution in [3.63, 3.8) is 0 Å². The van der Waals surface area contributed by atoms with Crippen LogP contribution in [0.2, 0.25) is 0 Å². The molecular weight excluding hydrogens is 321 g/mol. The van der Waals surface area contributed by atoms with Gasteiger partial charge in [-0.2, -0.15) is 0 Å². The van der Waals surface area contributed by atoms with Crippen molar-refractivity contribution in [1.29, 1.82) is 0 Å². The van der Waals surface area contributed by atoms with Crippen LogP contribution in [0, 0.1) is 5.82 Å². The van der Waals surface area contributed by atoms with Crippen LogP contribution in [0.15, 0.2) is 23.1 Å². The number of halogens is 2. The summed E-state index contributed by atoms with van der Waals surface area (Å²) in [5.41, 5.74) is 0.0486. The van der Waals surface area contributed by atoms with Gasteiger partial charge in [0.1, 0.15) is 10.7 Å². The van der Waals surface area contributed by atoms with E-state index in [0.717, 1.165) is 31.4 Å². The van der Waals surface area contributed by atoms with Gasteiger partial charge >= 0.3 is 0 Å². The van der Waals surface area contributed by atoms with Crippen molar-refractivity contribution in [2.75, 3.05) is 20.3 Å². The Morgan fingerprint density at radius 2 is 2.05 bits per heavy atom. The number of benzene rings is 1. The van der Waals surface area contributed by atoms with Crippen molar-refractivity contribution < 1.29 is 22.3 Å². The van der Waals surface area contributed by atoms with Gasteiger partial charge in [0.05, 0.1) is 0 Å². The molecule has 1 N–H and O–H groups in total. The molecule has 118 valence electrons. The number of methoxy groups -OCH3 is 1. The van der Waals surface area contributed by atoms with E-state index < -0.39 is 25.7 Å². The maximum absolute atomic E-state index is 13.3. The van der Waals surface area contributed by atoms with Crippen molar-refractivity contribution in [3.05, 3.63) is 29.6 Å². The largest absolute Gasteiger partial charge is 0.385 e. The van der Waals surface area contributed by atoms with Crippen LogP contribution in [0.25, 0.3) is 0 Å². The molecule has 1 amide bonds. The number of amides is 1. The second kappa shape index (κ2) is 8.31. The minimum absolute atomic E-state index is 0.0486. The Morgan fingerprint density at radius 1 is 1.33 bits per heavy atom. The average molecular weight is 338 g/mol. The van der Waals surface area contributed by atoms with E-state index in [-0.39, 0.29) is 5.56 Å². The fourth-order valence-electron chi connectivity index (χ4n) is 1.68. The van der Waals surface area contributed by atoms with Crippen LogP contribution in [-0.2, 0) is 13.8 Å². The van der Waals surface area contributed by atoms with Crippen LogP contribution in [0.5, 0.6) is 0 Å². The highest BCUT2D eigenvalue weighted by Gasteiger charge is 2.18. The van der Waals surface area contributed by atoms with Crippen LogP contribution in [0.3, 0.4) is 0 Å². The van der Waals surface area contributed by atoms with Crippen molar-refractivity contribution >= 4 is 25.6 Å². The second-order valence-corrected chi connectivity index (χ2v) is 6.93. The summed E-state index contributed by atoms with van der Waals surface area (Å²) in [6.45, 7) is 1.12. The average Bonchev–Trinajstić information content (AvgIpc) is 2.41. The predicted octanol–water partition coefficient (Wildman–Crippen LogP) is 2.30. The van der Waals surface area contributed by atoms with Crippen LogP contribution >= 0.6 is 10.7 Å². The van der Waals surface area contributed by atoms with Crippen molar-refractivity contribution in [2.45, 2.75) is 24.2 Å². The van der Waals surface area contributed by atoms with Gasteiger partial charge < -0.3 is 10.1 Å². The lowest BCUT2D eigenvalue weighted by Gasteiger charge is -2.06. The smallest absolute Gasteiger partial charge is 0.264 e. The predicted molar refractivity (Wildman–Crippen MR) is 77.5 cm³/mol. The molecule has 0 bridgehead atoms. The lowest BCUT2D eigenvalue weighted by Crippen LogP contribution is -2.24. The Kier molecular flexibility index (Phi) is 7.07. The van der Waals surface area contributed by atoms with E-state index >= 15 is 0 Å². The van der Waals surface area contributed by atoms with E-state index in [1.165, 1.54) is 6.07 Å². The highest BCUT2D eigenvalue weighted by Crippen LogP contribution is 2.20. The fourth-order valence-corrected chi connectivity index (χ4v) is 2.61. The summed E-state index contributed by atoms with van der Waals surface area (Å²) in [4.78, 5) is 11.1. The van der Waals surface area contributed by atoms with Crippen LogP contribution in [0.1, 0.15) is 29.6 Å². The van der Waals surface area contributed by atoms with Gasteiger partial charge in [-0.1, -0.05) is 0 Å². The quantitative estimate of drug-likeness (QED) is 0.583. The molecule has 0 aromatic heterocycles.